The molecule has 0 bridgehead atoms. The molecule has 0 amide bonds. The molecule has 0 unspecified atom stereocenters. The van der Waals surface area contributed by atoms with Gasteiger partial charge in [0.1, 0.15) is 5.66 Å². The first-order valence-corrected chi connectivity index (χ1v) is 6.40. The smallest absolute Gasteiger partial charge is 0.219 e. The molecule has 1 aliphatic rings. The molecule has 6 heteroatoms. The molecule has 1 atom stereocenters. The summed E-state index contributed by atoms with van der Waals surface area (Å²) in [7, 11) is -1.46. The lowest BCUT2D eigenvalue weighted by Crippen LogP contribution is -2.66. The van der Waals surface area contributed by atoms with Crippen LogP contribution in [0.5, 0.6) is 0 Å². The molecular formula is C12H14N2O3S. The highest BCUT2D eigenvalue weighted by Gasteiger charge is 2.42. The molecular weight excluding hydrogens is 252 g/mol. The molecule has 1 aromatic rings. The number of rotatable bonds is 2. The summed E-state index contributed by atoms with van der Waals surface area (Å²) in [4.78, 5) is 0.928. The van der Waals surface area contributed by atoms with Crippen LogP contribution in [0.25, 0.3) is 0 Å². The average Bonchev–Trinajstić information content (AvgIpc) is 2.33. The fraction of sp³-hybridized carbons (Fsp3) is 0.167. The maximum atomic E-state index is 12.2. The highest BCUT2D eigenvalue weighted by molar-refractivity contribution is 7.89. The molecule has 5 nitrogen and oxygen atoms in total. The summed E-state index contributed by atoms with van der Waals surface area (Å²) < 4.78 is 12.2. The average molecular weight is 266 g/mol. The van der Waals surface area contributed by atoms with E-state index in [9.17, 15) is 14.4 Å². The van der Waals surface area contributed by atoms with Crippen LogP contribution in [0.3, 0.4) is 0 Å². The molecule has 96 valence electrons. The number of aliphatic hydroxyl groups is 2. The normalized spacial score (nSPS) is 22.3. The third kappa shape index (κ3) is 2.29. The summed E-state index contributed by atoms with van der Waals surface area (Å²) in [5, 5.41) is 19.1. The first kappa shape index (κ1) is 13.1. The summed E-state index contributed by atoms with van der Waals surface area (Å²) in [5.41, 5.74) is 9.28. The summed E-state index contributed by atoms with van der Waals surface area (Å²) >= 11 is 0. The van der Waals surface area contributed by atoms with Crippen molar-refractivity contribution in [2.75, 3.05) is 0 Å². The lowest BCUT2D eigenvalue weighted by Gasteiger charge is -2.35. The Bertz CT molecular complexity index is 536. The fourth-order valence-electron chi connectivity index (χ4n) is 1.53. The molecule has 0 aromatic heterocycles. The van der Waals surface area contributed by atoms with Crippen LogP contribution in [0.4, 0.5) is 0 Å². The lowest BCUT2D eigenvalue weighted by atomic mass is 9.96. The molecule has 18 heavy (non-hydrogen) atoms. The van der Waals surface area contributed by atoms with Crippen LogP contribution < -0.4 is 11.5 Å². The van der Waals surface area contributed by atoms with E-state index < -0.39 is 22.2 Å². The van der Waals surface area contributed by atoms with Crippen LogP contribution >= 0.6 is 0 Å². The van der Waals surface area contributed by atoms with E-state index in [-0.39, 0.29) is 0 Å². The van der Waals surface area contributed by atoms with Crippen molar-refractivity contribution in [2.24, 2.45) is 11.5 Å². The van der Waals surface area contributed by atoms with Crippen molar-refractivity contribution in [3.8, 4) is 0 Å². The Morgan fingerprint density at radius 1 is 1.11 bits per heavy atom. The molecule has 0 saturated carbocycles. The number of benzene rings is 1. The van der Waals surface area contributed by atoms with Crippen molar-refractivity contribution in [1.29, 1.82) is 0 Å². The fourth-order valence-corrected chi connectivity index (χ4v) is 2.70. The number of hydrogen-bond acceptors (Lipinski definition) is 5. The largest absolute Gasteiger partial charge is 0.360 e. The van der Waals surface area contributed by atoms with Gasteiger partial charge in [0.05, 0.1) is 10.8 Å². The third-order valence-electron chi connectivity index (χ3n) is 2.67. The molecule has 0 radical (unpaired) electrons. The van der Waals surface area contributed by atoms with E-state index in [1.54, 1.807) is 24.3 Å². The molecule has 0 spiro atoms. The summed E-state index contributed by atoms with van der Waals surface area (Å²) in [5.74, 6) is -2.35. The van der Waals surface area contributed by atoms with Crippen molar-refractivity contribution in [1.82, 2.24) is 0 Å². The van der Waals surface area contributed by atoms with Gasteiger partial charge in [0.25, 0.3) is 0 Å². The molecule has 0 saturated heterocycles. The van der Waals surface area contributed by atoms with Gasteiger partial charge in [-0.2, -0.15) is 0 Å². The Hall–Kier alpha value is -1.31. The minimum Gasteiger partial charge on any atom is -0.360 e. The van der Waals surface area contributed by atoms with E-state index in [1.807, 2.05) is 6.07 Å². The predicted molar refractivity (Wildman–Crippen MR) is 68.3 cm³/mol. The van der Waals surface area contributed by atoms with E-state index >= 15 is 0 Å². The second-order valence-electron chi connectivity index (χ2n) is 4.12. The monoisotopic (exact) mass is 266 g/mol. The topological polar surface area (TPSA) is 110 Å². The zero-order valence-electron chi connectivity index (χ0n) is 9.48. The standard InChI is InChI=1S/C12H14N2O3S/c13-11(14)8-10(6-7-12(11,15)16)18(17)9-4-2-1-3-5-9/h1-8,15-16H,13-14H2/t18-/m0/s1. The van der Waals surface area contributed by atoms with E-state index in [0.29, 0.717) is 9.80 Å². The van der Waals surface area contributed by atoms with E-state index in [2.05, 4.69) is 0 Å². The van der Waals surface area contributed by atoms with Gasteiger partial charge in [0, 0.05) is 9.80 Å². The highest BCUT2D eigenvalue weighted by Crippen LogP contribution is 2.26. The van der Waals surface area contributed by atoms with Crippen LogP contribution in [-0.4, -0.2) is 25.9 Å². The lowest BCUT2D eigenvalue weighted by molar-refractivity contribution is -0.156. The summed E-state index contributed by atoms with van der Waals surface area (Å²) in [6, 6.07) is 8.76. The Labute approximate surface area is 107 Å². The first-order chi connectivity index (χ1) is 8.33. The van der Waals surface area contributed by atoms with Gasteiger partial charge in [0.15, 0.2) is 0 Å². The molecule has 0 fully saturated rings. The van der Waals surface area contributed by atoms with Gasteiger partial charge >= 0.3 is 0 Å². The molecule has 6 N–H and O–H groups in total. The quantitative estimate of drug-likeness (QED) is 0.542. The maximum absolute atomic E-state index is 12.2. The van der Waals surface area contributed by atoms with Crippen LogP contribution in [0.2, 0.25) is 0 Å². The third-order valence-corrected chi connectivity index (χ3v) is 4.05. The summed E-state index contributed by atoms with van der Waals surface area (Å²) in [6.45, 7) is 0. The van der Waals surface area contributed by atoms with Gasteiger partial charge in [-0.05, 0) is 30.4 Å². The molecule has 0 aliphatic heterocycles. The molecule has 1 aliphatic carbocycles. The molecule has 1 aromatic carbocycles. The van der Waals surface area contributed by atoms with E-state index in [0.717, 1.165) is 6.08 Å². The maximum Gasteiger partial charge on any atom is 0.219 e. The van der Waals surface area contributed by atoms with Gasteiger partial charge in [-0.3, -0.25) is 0 Å². The first-order valence-electron chi connectivity index (χ1n) is 5.25. The Morgan fingerprint density at radius 2 is 1.72 bits per heavy atom. The number of allylic oxidation sites excluding steroid dienone is 1. The second-order valence-corrected chi connectivity index (χ2v) is 5.60. The summed E-state index contributed by atoms with van der Waals surface area (Å²) in [6.07, 6.45) is 3.58. The van der Waals surface area contributed by atoms with Gasteiger partial charge in [-0.1, -0.05) is 18.2 Å². The number of nitrogens with two attached hydrogens (primary N) is 2. The van der Waals surface area contributed by atoms with Gasteiger partial charge in [-0.25, -0.2) is 4.21 Å². The van der Waals surface area contributed by atoms with Crippen molar-refractivity contribution < 1.29 is 14.4 Å². The zero-order valence-corrected chi connectivity index (χ0v) is 10.3. The van der Waals surface area contributed by atoms with E-state index in [4.69, 9.17) is 11.5 Å². The Balaban J connectivity index is 2.35. The second kappa shape index (κ2) is 4.42. The van der Waals surface area contributed by atoms with Gasteiger partial charge in [-0.15, -0.1) is 0 Å². The van der Waals surface area contributed by atoms with Crippen LogP contribution in [0.1, 0.15) is 0 Å². The minimum atomic E-state index is -2.35. The van der Waals surface area contributed by atoms with Crippen LogP contribution in [0, 0.1) is 0 Å². The Morgan fingerprint density at radius 3 is 2.28 bits per heavy atom. The SMILES string of the molecule is NC1(N)C=C([S@@](=O)c2ccccc2)C=CC1(O)O. The van der Waals surface area contributed by atoms with Crippen LogP contribution in [-0.2, 0) is 10.8 Å². The number of hydrogen-bond donors (Lipinski definition) is 4. The van der Waals surface area contributed by atoms with Crippen molar-refractivity contribution in [3.63, 3.8) is 0 Å². The molecule has 0 heterocycles. The Kier molecular flexibility index (Phi) is 3.22. The van der Waals surface area contributed by atoms with Crippen molar-refractivity contribution >= 4 is 10.8 Å². The van der Waals surface area contributed by atoms with Gasteiger partial charge < -0.3 is 21.7 Å². The highest BCUT2D eigenvalue weighted by atomic mass is 32.2. The molecule has 2 rings (SSSR count). The van der Waals surface area contributed by atoms with Crippen molar-refractivity contribution in [2.45, 2.75) is 16.3 Å². The minimum absolute atomic E-state index is 0.338. The zero-order chi connectivity index (χ0) is 13.4. The predicted octanol–water partition coefficient (Wildman–Crippen LogP) is -0.458. The van der Waals surface area contributed by atoms with Crippen LogP contribution in [0.15, 0.2) is 58.4 Å². The van der Waals surface area contributed by atoms with Crippen molar-refractivity contribution in [3.05, 3.63) is 53.5 Å². The van der Waals surface area contributed by atoms with Gasteiger partial charge in [0.2, 0.25) is 5.79 Å². The van der Waals surface area contributed by atoms with E-state index in [1.165, 1.54) is 12.2 Å².